The Morgan fingerprint density at radius 3 is 2.94 bits per heavy atom. The van der Waals surface area contributed by atoms with Crippen LogP contribution in [0.2, 0.25) is 0 Å². The number of hydrogen-bond donors (Lipinski definition) is 2. The molecule has 1 aliphatic rings. The standard InChI is InChI=1S/C14H15N3/c1-9-5-6-12-13(10(9)2)16-8-11-4-3-7-15-14(11)17-12/h3-7,16H,8H2,1-2H3,(H,15,17). The van der Waals surface area contributed by atoms with E-state index in [-0.39, 0.29) is 0 Å². The molecule has 17 heavy (non-hydrogen) atoms. The Bertz CT molecular complexity index is 576. The molecule has 2 N–H and O–H groups in total. The normalized spacial score (nSPS) is 12.8. The van der Waals surface area contributed by atoms with E-state index in [1.54, 1.807) is 0 Å². The van der Waals surface area contributed by atoms with Gasteiger partial charge >= 0.3 is 0 Å². The first-order valence-electron chi connectivity index (χ1n) is 5.80. The lowest BCUT2D eigenvalue weighted by Crippen LogP contribution is -2.00. The molecule has 0 saturated carbocycles. The van der Waals surface area contributed by atoms with Crippen molar-refractivity contribution in [3.05, 3.63) is 47.2 Å². The summed E-state index contributed by atoms with van der Waals surface area (Å²) in [5.41, 5.74) is 6.08. The number of nitrogens with one attached hydrogen (secondary N) is 2. The number of fused-ring (bicyclic) bond motifs is 2. The van der Waals surface area contributed by atoms with Crippen LogP contribution in [0.15, 0.2) is 30.5 Å². The smallest absolute Gasteiger partial charge is 0.135 e. The molecule has 0 bridgehead atoms. The minimum absolute atomic E-state index is 0.813. The van der Waals surface area contributed by atoms with Crippen molar-refractivity contribution in [2.75, 3.05) is 10.6 Å². The number of hydrogen-bond acceptors (Lipinski definition) is 3. The molecule has 1 aliphatic heterocycles. The van der Waals surface area contributed by atoms with Crippen LogP contribution < -0.4 is 10.6 Å². The minimum atomic E-state index is 0.813. The largest absolute Gasteiger partial charge is 0.379 e. The summed E-state index contributed by atoms with van der Waals surface area (Å²) in [6, 6.07) is 8.30. The lowest BCUT2D eigenvalue weighted by Gasteiger charge is -2.13. The van der Waals surface area contributed by atoms with Gasteiger partial charge in [-0.15, -0.1) is 0 Å². The Balaban J connectivity index is 2.13. The third-order valence-electron chi connectivity index (χ3n) is 3.34. The van der Waals surface area contributed by atoms with Crippen LogP contribution in [0.1, 0.15) is 16.7 Å². The molecule has 0 saturated heterocycles. The van der Waals surface area contributed by atoms with Gasteiger partial charge < -0.3 is 10.6 Å². The number of aryl methyl sites for hydroxylation is 1. The molecule has 1 aromatic carbocycles. The van der Waals surface area contributed by atoms with Gasteiger partial charge in [0.15, 0.2) is 0 Å². The predicted molar refractivity (Wildman–Crippen MR) is 70.8 cm³/mol. The zero-order valence-electron chi connectivity index (χ0n) is 10.0. The first kappa shape index (κ1) is 10.1. The lowest BCUT2D eigenvalue weighted by atomic mass is 10.1. The summed E-state index contributed by atoms with van der Waals surface area (Å²) in [5, 5.41) is 6.89. The molecule has 0 fully saturated rings. The fourth-order valence-electron chi connectivity index (χ4n) is 2.15. The van der Waals surface area contributed by atoms with Crippen molar-refractivity contribution in [3.8, 4) is 0 Å². The fourth-order valence-corrected chi connectivity index (χ4v) is 2.15. The highest BCUT2D eigenvalue weighted by molar-refractivity contribution is 5.79. The summed E-state index contributed by atoms with van der Waals surface area (Å²) in [7, 11) is 0. The molecule has 0 aliphatic carbocycles. The van der Waals surface area contributed by atoms with E-state index in [4.69, 9.17) is 0 Å². The van der Waals surface area contributed by atoms with Crippen molar-refractivity contribution in [2.45, 2.75) is 20.4 Å². The highest BCUT2D eigenvalue weighted by Gasteiger charge is 2.14. The molecule has 1 aromatic heterocycles. The third kappa shape index (κ3) is 1.64. The van der Waals surface area contributed by atoms with Gasteiger partial charge in [-0.25, -0.2) is 4.98 Å². The van der Waals surface area contributed by atoms with Gasteiger partial charge in [-0.05, 0) is 37.1 Å². The maximum absolute atomic E-state index is 4.38. The summed E-state index contributed by atoms with van der Waals surface area (Å²) in [6.07, 6.45) is 1.82. The second kappa shape index (κ2) is 3.77. The van der Waals surface area contributed by atoms with Crippen LogP contribution in [0.25, 0.3) is 0 Å². The van der Waals surface area contributed by atoms with E-state index in [0.29, 0.717) is 0 Å². The van der Waals surface area contributed by atoms with Crippen molar-refractivity contribution >= 4 is 17.2 Å². The molecule has 0 spiro atoms. The molecule has 3 heteroatoms. The Hall–Kier alpha value is -2.03. The zero-order chi connectivity index (χ0) is 11.8. The molecule has 2 aromatic rings. The summed E-state index contributed by atoms with van der Waals surface area (Å²) in [5.74, 6) is 0.946. The van der Waals surface area contributed by atoms with Crippen molar-refractivity contribution < 1.29 is 0 Å². The first-order valence-corrected chi connectivity index (χ1v) is 5.80. The lowest BCUT2D eigenvalue weighted by molar-refractivity contribution is 1.13. The van der Waals surface area contributed by atoms with Crippen LogP contribution in [0, 0.1) is 13.8 Å². The Morgan fingerprint density at radius 2 is 2.06 bits per heavy atom. The van der Waals surface area contributed by atoms with Crippen molar-refractivity contribution in [2.24, 2.45) is 0 Å². The number of anilines is 3. The van der Waals surface area contributed by atoms with E-state index in [9.17, 15) is 0 Å². The van der Waals surface area contributed by atoms with Gasteiger partial charge in [-0.3, -0.25) is 0 Å². The average molecular weight is 225 g/mol. The topological polar surface area (TPSA) is 37.0 Å². The van der Waals surface area contributed by atoms with Crippen LogP contribution in [-0.4, -0.2) is 4.98 Å². The average Bonchev–Trinajstić information content (AvgIpc) is 2.53. The quantitative estimate of drug-likeness (QED) is 0.721. The summed E-state index contributed by atoms with van der Waals surface area (Å²) < 4.78 is 0. The number of aromatic nitrogens is 1. The van der Waals surface area contributed by atoms with Gasteiger partial charge in [0, 0.05) is 18.3 Å². The van der Waals surface area contributed by atoms with E-state index in [1.807, 2.05) is 12.3 Å². The van der Waals surface area contributed by atoms with Crippen LogP contribution in [0.5, 0.6) is 0 Å². The number of pyridine rings is 1. The Morgan fingerprint density at radius 1 is 1.18 bits per heavy atom. The monoisotopic (exact) mass is 225 g/mol. The number of benzene rings is 1. The molecule has 3 nitrogen and oxygen atoms in total. The van der Waals surface area contributed by atoms with Gasteiger partial charge in [0.25, 0.3) is 0 Å². The van der Waals surface area contributed by atoms with Gasteiger partial charge in [-0.2, -0.15) is 0 Å². The molecule has 2 heterocycles. The van der Waals surface area contributed by atoms with Crippen molar-refractivity contribution in [1.29, 1.82) is 0 Å². The summed E-state index contributed by atoms with van der Waals surface area (Å²) in [4.78, 5) is 4.38. The highest BCUT2D eigenvalue weighted by Crippen LogP contribution is 2.34. The first-order chi connectivity index (χ1) is 8.25. The van der Waals surface area contributed by atoms with E-state index >= 15 is 0 Å². The van der Waals surface area contributed by atoms with Crippen molar-refractivity contribution in [3.63, 3.8) is 0 Å². The maximum atomic E-state index is 4.38. The molecule has 0 atom stereocenters. The van der Waals surface area contributed by atoms with E-state index < -0.39 is 0 Å². The molecular weight excluding hydrogens is 210 g/mol. The molecular formula is C14H15N3. The van der Waals surface area contributed by atoms with Crippen LogP contribution in [0.3, 0.4) is 0 Å². The Kier molecular flexibility index (Phi) is 2.25. The van der Waals surface area contributed by atoms with Gasteiger partial charge in [0.1, 0.15) is 5.82 Å². The maximum Gasteiger partial charge on any atom is 0.135 e. The summed E-state index contributed by atoms with van der Waals surface area (Å²) >= 11 is 0. The number of rotatable bonds is 0. The van der Waals surface area contributed by atoms with E-state index in [1.165, 1.54) is 22.4 Å². The minimum Gasteiger partial charge on any atom is -0.379 e. The number of nitrogens with zero attached hydrogens (tertiary/aromatic N) is 1. The van der Waals surface area contributed by atoms with Gasteiger partial charge in [0.2, 0.25) is 0 Å². The SMILES string of the molecule is Cc1ccc2c(c1C)NCc1cccnc1N2. The van der Waals surface area contributed by atoms with Crippen LogP contribution in [0.4, 0.5) is 17.2 Å². The fraction of sp³-hybridized carbons (Fsp3) is 0.214. The van der Waals surface area contributed by atoms with E-state index in [0.717, 1.165) is 18.1 Å². The third-order valence-corrected chi connectivity index (χ3v) is 3.34. The second-order valence-electron chi connectivity index (χ2n) is 4.42. The Labute approximate surface area is 101 Å². The highest BCUT2D eigenvalue weighted by atomic mass is 15.0. The van der Waals surface area contributed by atoms with Crippen LogP contribution in [-0.2, 0) is 6.54 Å². The molecule has 0 amide bonds. The molecule has 0 unspecified atom stereocenters. The summed E-state index contributed by atoms with van der Waals surface area (Å²) in [6.45, 7) is 5.09. The van der Waals surface area contributed by atoms with Gasteiger partial charge in [-0.1, -0.05) is 12.1 Å². The van der Waals surface area contributed by atoms with Crippen LogP contribution >= 0.6 is 0 Å². The predicted octanol–water partition coefficient (Wildman–Crippen LogP) is 3.37. The molecule has 0 radical (unpaired) electrons. The van der Waals surface area contributed by atoms with Gasteiger partial charge in [0.05, 0.1) is 11.4 Å². The van der Waals surface area contributed by atoms with Crippen molar-refractivity contribution in [1.82, 2.24) is 4.98 Å². The van der Waals surface area contributed by atoms with E-state index in [2.05, 4.69) is 47.7 Å². The molecule has 3 rings (SSSR count). The molecule has 86 valence electrons. The zero-order valence-corrected chi connectivity index (χ0v) is 10.0. The second-order valence-corrected chi connectivity index (χ2v) is 4.42.